The van der Waals surface area contributed by atoms with Gasteiger partial charge in [-0.15, -0.1) is 0 Å². The Labute approximate surface area is 185 Å². The Kier molecular flexibility index (Phi) is 6.02. The number of likely N-dealkylation sites (tertiary alicyclic amines) is 1. The van der Waals surface area contributed by atoms with E-state index in [0.29, 0.717) is 35.5 Å². The van der Waals surface area contributed by atoms with Crippen LogP contribution in [0.15, 0.2) is 60.7 Å². The number of para-hydroxylation sites is 2. The number of ether oxygens (including phenoxy) is 1. The average molecular weight is 433 g/mol. The number of hydrogen-bond donors (Lipinski definition) is 2. The smallest absolute Gasteiger partial charge is 0.255 e. The van der Waals surface area contributed by atoms with E-state index >= 15 is 0 Å². The molecule has 1 aliphatic carbocycles. The van der Waals surface area contributed by atoms with Crippen molar-refractivity contribution in [2.75, 3.05) is 24.3 Å². The molecule has 32 heavy (non-hydrogen) atoms. The van der Waals surface area contributed by atoms with Gasteiger partial charge in [0.25, 0.3) is 5.91 Å². The molecule has 0 radical (unpaired) electrons. The van der Waals surface area contributed by atoms with Crippen LogP contribution in [0.4, 0.5) is 11.4 Å². The summed E-state index contributed by atoms with van der Waals surface area (Å²) in [4.78, 5) is 51.0. The minimum absolute atomic E-state index is 0.289. The Morgan fingerprint density at radius 3 is 2.19 bits per heavy atom. The Morgan fingerprint density at radius 1 is 0.938 bits per heavy atom. The van der Waals surface area contributed by atoms with Gasteiger partial charge < -0.3 is 15.4 Å². The van der Waals surface area contributed by atoms with Crippen LogP contribution in [0.5, 0.6) is 5.75 Å². The van der Waals surface area contributed by atoms with E-state index in [4.69, 9.17) is 4.74 Å². The van der Waals surface area contributed by atoms with Crippen molar-refractivity contribution in [3.05, 3.63) is 66.2 Å². The zero-order valence-electron chi connectivity index (χ0n) is 17.5. The van der Waals surface area contributed by atoms with Crippen LogP contribution in [-0.2, 0) is 14.4 Å². The van der Waals surface area contributed by atoms with Crippen LogP contribution < -0.4 is 15.4 Å². The Balaban J connectivity index is 1.35. The molecule has 1 aliphatic heterocycles. The maximum absolute atomic E-state index is 12.5. The number of benzene rings is 2. The standard InChI is InChI=1S/C24H23N3O5/c1-32-20-9-5-4-8-19(20)26-22(29)15-10-12-16(13-11-15)25-21(28)14-27-23(30)17-6-2-3-7-18(17)24(27)31/h2-5,8-13,17-18H,6-7,14H2,1H3,(H,25,28)(H,26,29)/t17-,18+. The molecular weight excluding hydrogens is 410 g/mol. The highest BCUT2D eigenvalue weighted by Crippen LogP contribution is 2.34. The van der Waals surface area contributed by atoms with Crippen molar-refractivity contribution < 1.29 is 23.9 Å². The second-order valence-electron chi connectivity index (χ2n) is 7.70. The van der Waals surface area contributed by atoms with Gasteiger partial charge in [0.05, 0.1) is 24.6 Å². The fourth-order valence-electron chi connectivity index (χ4n) is 4.02. The molecule has 2 N–H and O–H groups in total. The van der Waals surface area contributed by atoms with Crippen molar-refractivity contribution >= 4 is 35.0 Å². The number of allylic oxidation sites excluding steroid dienone is 2. The normalized spacial score (nSPS) is 19.5. The molecule has 8 nitrogen and oxygen atoms in total. The molecule has 1 heterocycles. The molecule has 2 aliphatic rings. The van der Waals surface area contributed by atoms with E-state index in [1.165, 1.54) is 7.11 Å². The number of anilines is 2. The Hall–Kier alpha value is -3.94. The number of fused-ring (bicyclic) bond motifs is 1. The van der Waals surface area contributed by atoms with Crippen molar-refractivity contribution in [3.63, 3.8) is 0 Å². The molecule has 0 aromatic heterocycles. The number of carbonyl (C=O) groups excluding carboxylic acids is 4. The number of amides is 4. The molecule has 0 saturated carbocycles. The predicted molar refractivity (Wildman–Crippen MR) is 118 cm³/mol. The summed E-state index contributed by atoms with van der Waals surface area (Å²) in [5.41, 5.74) is 1.41. The Morgan fingerprint density at radius 2 is 1.56 bits per heavy atom. The lowest BCUT2D eigenvalue weighted by molar-refractivity contribution is -0.142. The minimum Gasteiger partial charge on any atom is -0.495 e. The molecule has 1 saturated heterocycles. The van der Waals surface area contributed by atoms with Crippen molar-refractivity contribution in [2.45, 2.75) is 12.8 Å². The molecule has 4 rings (SSSR count). The zero-order valence-corrected chi connectivity index (χ0v) is 17.5. The van der Waals surface area contributed by atoms with E-state index in [9.17, 15) is 19.2 Å². The highest BCUT2D eigenvalue weighted by atomic mass is 16.5. The molecule has 2 aromatic rings. The molecule has 2 atom stereocenters. The molecule has 1 fully saturated rings. The molecule has 4 amide bonds. The van der Waals surface area contributed by atoms with Crippen LogP contribution in [0.1, 0.15) is 23.2 Å². The second-order valence-corrected chi connectivity index (χ2v) is 7.70. The summed E-state index contributed by atoms with van der Waals surface area (Å²) in [5, 5.41) is 5.46. The van der Waals surface area contributed by atoms with Gasteiger partial charge in [-0.1, -0.05) is 24.3 Å². The largest absolute Gasteiger partial charge is 0.495 e. The first-order valence-electron chi connectivity index (χ1n) is 10.3. The fraction of sp³-hybridized carbons (Fsp3) is 0.250. The van der Waals surface area contributed by atoms with E-state index in [1.54, 1.807) is 48.5 Å². The number of hydrogen-bond acceptors (Lipinski definition) is 5. The summed E-state index contributed by atoms with van der Waals surface area (Å²) in [6.45, 7) is -0.319. The number of carbonyl (C=O) groups is 4. The summed E-state index contributed by atoms with van der Waals surface area (Å²) in [6.07, 6.45) is 4.88. The number of nitrogens with zero attached hydrogens (tertiary/aromatic N) is 1. The molecule has 8 heteroatoms. The maximum Gasteiger partial charge on any atom is 0.255 e. The van der Waals surface area contributed by atoms with Crippen molar-refractivity contribution in [1.82, 2.24) is 4.90 Å². The third kappa shape index (κ3) is 4.25. The van der Waals surface area contributed by atoms with Gasteiger partial charge >= 0.3 is 0 Å². The quantitative estimate of drug-likeness (QED) is 0.538. The lowest BCUT2D eigenvalue weighted by Crippen LogP contribution is -2.38. The lowest BCUT2D eigenvalue weighted by atomic mass is 9.85. The summed E-state index contributed by atoms with van der Waals surface area (Å²) >= 11 is 0. The first kappa shape index (κ1) is 21.3. The second kappa shape index (κ2) is 9.05. The van der Waals surface area contributed by atoms with Crippen molar-refractivity contribution in [2.24, 2.45) is 11.8 Å². The highest BCUT2D eigenvalue weighted by Gasteiger charge is 2.47. The number of rotatable bonds is 6. The molecular formula is C24H23N3O5. The van der Waals surface area contributed by atoms with Crippen LogP contribution in [0.3, 0.4) is 0 Å². The molecule has 0 spiro atoms. The summed E-state index contributed by atoms with van der Waals surface area (Å²) in [5.74, 6) is -1.54. The first-order chi connectivity index (χ1) is 15.5. The average Bonchev–Trinajstić information content (AvgIpc) is 3.05. The van der Waals surface area contributed by atoms with Crippen molar-refractivity contribution in [1.29, 1.82) is 0 Å². The van der Waals surface area contributed by atoms with Gasteiger partial charge in [-0.3, -0.25) is 24.1 Å². The molecule has 164 valence electrons. The van der Waals surface area contributed by atoms with Crippen LogP contribution in [0.2, 0.25) is 0 Å². The van der Waals surface area contributed by atoms with Gasteiger partial charge in [0.15, 0.2) is 0 Å². The van der Waals surface area contributed by atoms with Gasteiger partial charge in [0.1, 0.15) is 12.3 Å². The predicted octanol–water partition coefficient (Wildman–Crippen LogP) is 2.84. The Bertz CT molecular complexity index is 1070. The lowest BCUT2D eigenvalue weighted by Gasteiger charge is -2.14. The van der Waals surface area contributed by atoms with Crippen LogP contribution in [-0.4, -0.2) is 42.2 Å². The van der Waals surface area contributed by atoms with E-state index in [-0.39, 0.29) is 36.1 Å². The van der Waals surface area contributed by atoms with Crippen LogP contribution in [0.25, 0.3) is 0 Å². The van der Waals surface area contributed by atoms with Gasteiger partial charge in [-0.2, -0.15) is 0 Å². The summed E-state index contributed by atoms with van der Waals surface area (Å²) in [7, 11) is 1.52. The summed E-state index contributed by atoms with van der Waals surface area (Å²) in [6, 6.07) is 13.4. The van der Waals surface area contributed by atoms with Crippen LogP contribution in [0, 0.1) is 11.8 Å². The SMILES string of the molecule is COc1ccccc1NC(=O)c1ccc(NC(=O)CN2C(=O)[C@H]3CC=CC[C@H]3C2=O)cc1. The number of imide groups is 1. The third-order valence-corrected chi connectivity index (χ3v) is 5.69. The van der Waals surface area contributed by atoms with Gasteiger partial charge in [-0.25, -0.2) is 0 Å². The van der Waals surface area contributed by atoms with Crippen molar-refractivity contribution in [3.8, 4) is 5.75 Å². The van der Waals surface area contributed by atoms with Gasteiger partial charge in [-0.05, 0) is 49.2 Å². The van der Waals surface area contributed by atoms with Crippen LogP contribution >= 0.6 is 0 Å². The fourth-order valence-corrected chi connectivity index (χ4v) is 4.02. The van der Waals surface area contributed by atoms with E-state index in [2.05, 4.69) is 10.6 Å². The number of methoxy groups -OCH3 is 1. The van der Waals surface area contributed by atoms with E-state index < -0.39 is 5.91 Å². The monoisotopic (exact) mass is 433 g/mol. The van der Waals surface area contributed by atoms with Gasteiger partial charge in [0.2, 0.25) is 17.7 Å². The molecule has 2 aromatic carbocycles. The van der Waals surface area contributed by atoms with E-state index in [0.717, 1.165) is 4.90 Å². The van der Waals surface area contributed by atoms with E-state index in [1.807, 2.05) is 12.2 Å². The minimum atomic E-state index is -0.468. The zero-order chi connectivity index (χ0) is 22.7. The van der Waals surface area contributed by atoms with Gasteiger partial charge in [0, 0.05) is 11.3 Å². The topological polar surface area (TPSA) is 105 Å². The molecule has 0 bridgehead atoms. The summed E-state index contributed by atoms with van der Waals surface area (Å²) < 4.78 is 5.23. The highest BCUT2D eigenvalue weighted by molar-refractivity contribution is 6.09. The first-order valence-corrected chi connectivity index (χ1v) is 10.3. The molecule has 0 unspecified atom stereocenters. The number of nitrogens with one attached hydrogen (secondary N) is 2. The maximum atomic E-state index is 12.5. The third-order valence-electron chi connectivity index (χ3n) is 5.69.